The minimum atomic E-state index is -2.70. The molecule has 0 unspecified atom stereocenters. The molecule has 2 aromatic rings. The molecule has 7 nitrogen and oxygen atoms in total. The van der Waals surface area contributed by atoms with E-state index >= 15 is 0 Å². The highest BCUT2D eigenvalue weighted by atomic mass is 35.5. The number of hydrazone groups is 1. The molecular weight excluding hydrogens is 354 g/mol. The molecule has 25 heavy (non-hydrogen) atoms. The lowest BCUT2D eigenvalue weighted by molar-refractivity contribution is 0.151. The fourth-order valence-corrected chi connectivity index (χ4v) is 1.88. The summed E-state index contributed by atoms with van der Waals surface area (Å²) < 4.78 is 31.0. The van der Waals surface area contributed by atoms with E-state index in [0.29, 0.717) is 5.82 Å². The van der Waals surface area contributed by atoms with E-state index in [0.717, 1.165) is 5.56 Å². The Kier molecular flexibility index (Phi) is 6.18. The van der Waals surface area contributed by atoms with E-state index < -0.39 is 6.43 Å². The Morgan fingerprint density at radius 3 is 2.84 bits per heavy atom. The van der Waals surface area contributed by atoms with Gasteiger partial charge in [-0.3, -0.25) is 4.99 Å². The number of ether oxygens (including phenoxy) is 1. The first kappa shape index (κ1) is 18.5. The van der Waals surface area contributed by atoms with Crippen LogP contribution in [0.3, 0.4) is 0 Å². The number of rotatable bonds is 6. The van der Waals surface area contributed by atoms with Crippen molar-refractivity contribution in [2.24, 2.45) is 15.9 Å². The number of benzene rings is 1. The molecule has 1 aromatic carbocycles. The molecule has 10 heteroatoms. The molecule has 0 bridgehead atoms. The molecule has 0 fully saturated rings. The number of alkyl halides is 2. The van der Waals surface area contributed by atoms with Crippen LogP contribution in [0.5, 0.6) is 6.01 Å². The molecule has 0 spiro atoms. The third kappa shape index (κ3) is 5.08. The molecule has 0 aliphatic carbocycles. The summed E-state index contributed by atoms with van der Waals surface area (Å²) in [6.07, 6.45) is 0.110. The van der Waals surface area contributed by atoms with Crippen LogP contribution in [0.15, 0.2) is 34.5 Å². The zero-order chi connectivity index (χ0) is 18.4. The maximum Gasteiger partial charge on any atom is 0.318 e. The lowest BCUT2D eigenvalue weighted by Crippen LogP contribution is -2.16. The quantitative estimate of drug-likeness (QED) is 0.462. The Labute approximate surface area is 147 Å². The van der Waals surface area contributed by atoms with Gasteiger partial charge in [-0.1, -0.05) is 11.6 Å². The van der Waals surface area contributed by atoms with Crippen molar-refractivity contribution in [1.29, 1.82) is 0 Å². The zero-order valence-corrected chi connectivity index (χ0v) is 13.9. The van der Waals surface area contributed by atoms with Gasteiger partial charge >= 0.3 is 6.01 Å². The minimum absolute atomic E-state index is 0.0286. The van der Waals surface area contributed by atoms with Gasteiger partial charge in [0, 0.05) is 22.3 Å². The molecule has 0 aliphatic rings. The summed E-state index contributed by atoms with van der Waals surface area (Å²) in [5, 5.41) is 3.49. The van der Waals surface area contributed by atoms with Crippen LogP contribution in [-0.4, -0.2) is 28.5 Å². The van der Waals surface area contributed by atoms with Crippen LogP contribution in [0.25, 0.3) is 0 Å². The van der Waals surface area contributed by atoms with Gasteiger partial charge in [-0.2, -0.15) is 10.1 Å². The Balaban J connectivity index is 2.05. The first-order valence-corrected chi connectivity index (χ1v) is 7.39. The molecule has 0 saturated heterocycles. The van der Waals surface area contributed by atoms with Gasteiger partial charge in [0.15, 0.2) is 0 Å². The monoisotopic (exact) mass is 368 g/mol. The lowest BCUT2D eigenvalue weighted by atomic mass is 10.2. The predicted molar refractivity (Wildman–Crippen MR) is 92.9 cm³/mol. The lowest BCUT2D eigenvalue weighted by Gasteiger charge is -2.06. The normalized spacial score (nSPS) is 12.1. The zero-order valence-electron chi connectivity index (χ0n) is 13.2. The number of hydrogen-bond donors (Lipinski definition) is 2. The second-order valence-corrected chi connectivity index (χ2v) is 5.30. The summed E-state index contributed by atoms with van der Waals surface area (Å²) in [4.78, 5) is 11.9. The van der Waals surface area contributed by atoms with Crippen LogP contribution < -0.4 is 16.3 Å². The molecule has 1 heterocycles. The third-order valence-corrected chi connectivity index (χ3v) is 3.43. The number of aliphatic imine (C=N–C) groups is 1. The topological polar surface area (TPSA) is 112 Å². The highest BCUT2D eigenvalue weighted by Crippen LogP contribution is 2.30. The Morgan fingerprint density at radius 1 is 1.44 bits per heavy atom. The molecular formula is C15H15ClF2N6O. The SMILES string of the molecule is Cc1cnc(OCC(C=Nc2ccc(Cl)c(C(F)F)c2)=NN)nc1N. The van der Waals surface area contributed by atoms with Crippen molar-refractivity contribution >= 4 is 35.0 Å². The van der Waals surface area contributed by atoms with Crippen molar-refractivity contribution < 1.29 is 13.5 Å². The maximum absolute atomic E-state index is 12.8. The van der Waals surface area contributed by atoms with E-state index in [4.69, 9.17) is 27.9 Å². The number of aryl methyl sites for hydroxylation is 1. The van der Waals surface area contributed by atoms with E-state index in [-0.39, 0.29) is 34.6 Å². The average molecular weight is 369 g/mol. The number of hydrogen-bond acceptors (Lipinski definition) is 7. The van der Waals surface area contributed by atoms with Crippen molar-refractivity contribution in [2.75, 3.05) is 12.3 Å². The molecule has 1 aromatic heterocycles. The van der Waals surface area contributed by atoms with Crippen LogP contribution in [0, 0.1) is 6.92 Å². The van der Waals surface area contributed by atoms with Crippen LogP contribution in [0.1, 0.15) is 17.6 Å². The van der Waals surface area contributed by atoms with Crippen molar-refractivity contribution in [3.63, 3.8) is 0 Å². The summed E-state index contributed by atoms with van der Waals surface area (Å²) in [6.45, 7) is 1.69. The maximum atomic E-state index is 12.8. The third-order valence-electron chi connectivity index (χ3n) is 3.08. The first-order chi connectivity index (χ1) is 11.9. The minimum Gasteiger partial charge on any atom is -0.457 e. The molecule has 0 atom stereocenters. The van der Waals surface area contributed by atoms with E-state index in [1.54, 1.807) is 6.92 Å². The second-order valence-electron chi connectivity index (χ2n) is 4.89. The summed E-state index contributed by atoms with van der Waals surface area (Å²) in [5.74, 6) is 5.56. The number of nitrogens with zero attached hydrogens (tertiary/aromatic N) is 4. The molecule has 0 radical (unpaired) electrons. The van der Waals surface area contributed by atoms with Gasteiger partial charge in [-0.25, -0.2) is 13.8 Å². The Bertz CT molecular complexity index is 813. The molecule has 0 amide bonds. The van der Waals surface area contributed by atoms with E-state index in [1.807, 2.05) is 0 Å². The summed E-state index contributed by atoms with van der Waals surface area (Å²) >= 11 is 5.70. The fourth-order valence-electron chi connectivity index (χ4n) is 1.68. The molecule has 0 aliphatic heterocycles. The van der Waals surface area contributed by atoms with Crippen molar-refractivity contribution in [3.05, 3.63) is 40.5 Å². The van der Waals surface area contributed by atoms with Crippen molar-refractivity contribution in [2.45, 2.75) is 13.3 Å². The molecule has 132 valence electrons. The predicted octanol–water partition coefficient (Wildman–Crippen LogP) is 3.05. The number of halogens is 3. The van der Waals surface area contributed by atoms with E-state index in [9.17, 15) is 8.78 Å². The largest absolute Gasteiger partial charge is 0.457 e. The standard InChI is InChI=1S/C15H15ClF2N6O/c1-8-5-22-15(23-14(8)19)25-7-10(24-20)6-21-9-2-3-12(16)11(4-9)13(17)18/h2-6,13H,7,20H2,1H3,(H2,19,22,23). The second kappa shape index (κ2) is 8.34. The summed E-state index contributed by atoms with van der Waals surface area (Å²) in [7, 11) is 0. The Morgan fingerprint density at radius 2 is 2.20 bits per heavy atom. The van der Waals surface area contributed by atoms with Gasteiger partial charge in [0.05, 0.1) is 11.9 Å². The van der Waals surface area contributed by atoms with Gasteiger partial charge in [0.2, 0.25) is 0 Å². The molecule has 2 rings (SSSR count). The number of nitrogens with two attached hydrogens (primary N) is 2. The van der Waals surface area contributed by atoms with Crippen LogP contribution in [0.2, 0.25) is 5.02 Å². The van der Waals surface area contributed by atoms with Crippen LogP contribution in [0.4, 0.5) is 20.3 Å². The smallest absolute Gasteiger partial charge is 0.318 e. The van der Waals surface area contributed by atoms with Gasteiger partial charge < -0.3 is 16.3 Å². The van der Waals surface area contributed by atoms with Crippen LogP contribution >= 0.6 is 11.6 Å². The number of aromatic nitrogens is 2. The van der Waals surface area contributed by atoms with Crippen molar-refractivity contribution in [3.8, 4) is 6.01 Å². The summed E-state index contributed by atoms with van der Waals surface area (Å²) in [5.41, 5.74) is 6.60. The fraction of sp³-hybridized carbons (Fsp3) is 0.200. The highest BCUT2D eigenvalue weighted by Gasteiger charge is 2.12. The van der Waals surface area contributed by atoms with E-state index in [2.05, 4.69) is 20.1 Å². The van der Waals surface area contributed by atoms with Crippen molar-refractivity contribution in [1.82, 2.24) is 9.97 Å². The number of nitrogen functional groups attached to an aromatic ring is 1. The molecule has 4 N–H and O–H groups in total. The average Bonchev–Trinajstić information content (AvgIpc) is 2.59. The number of anilines is 1. The van der Waals surface area contributed by atoms with Crippen LogP contribution in [-0.2, 0) is 0 Å². The van der Waals surface area contributed by atoms with Gasteiger partial charge in [-0.15, -0.1) is 0 Å². The van der Waals surface area contributed by atoms with E-state index in [1.165, 1.54) is 30.6 Å². The molecule has 0 saturated carbocycles. The van der Waals surface area contributed by atoms with Gasteiger partial charge in [0.25, 0.3) is 6.43 Å². The Hall–Kier alpha value is -2.81. The highest BCUT2D eigenvalue weighted by molar-refractivity contribution is 6.32. The van der Waals surface area contributed by atoms with Gasteiger partial charge in [-0.05, 0) is 25.1 Å². The summed E-state index contributed by atoms with van der Waals surface area (Å²) in [6, 6.07) is 4.07. The van der Waals surface area contributed by atoms with Gasteiger partial charge in [0.1, 0.15) is 18.1 Å². The first-order valence-electron chi connectivity index (χ1n) is 7.01.